The number of benzene rings is 2. The minimum Gasteiger partial charge on any atom is -0.341 e. The maximum absolute atomic E-state index is 13.6. The first-order valence-electron chi connectivity index (χ1n) is 10.8. The van der Waals surface area contributed by atoms with E-state index >= 15 is 0 Å². The van der Waals surface area contributed by atoms with Gasteiger partial charge in [-0.1, -0.05) is 30.1 Å². The van der Waals surface area contributed by atoms with Crippen LogP contribution in [-0.2, 0) is 21.0 Å². The number of alkyl halides is 3. The highest BCUT2D eigenvalue weighted by Gasteiger charge is 2.37. The van der Waals surface area contributed by atoms with Gasteiger partial charge in [0.05, 0.1) is 21.2 Å². The maximum Gasteiger partial charge on any atom is 0.416 e. The lowest BCUT2D eigenvalue weighted by molar-refractivity contribution is -0.137. The van der Waals surface area contributed by atoms with Gasteiger partial charge in [-0.3, -0.25) is 9.10 Å². The Morgan fingerprint density at radius 1 is 1.17 bits per heavy atom. The Bertz CT molecular complexity index is 1170. The third kappa shape index (κ3) is 6.41. The van der Waals surface area contributed by atoms with Crippen LogP contribution in [0.15, 0.2) is 47.4 Å². The molecule has 1 N–H and O–H groups in total. The molecule has 6 nitrogen and oxygen atoms in total. The number of sulfonamides is 1. The van der Waals surface area contributed by atoms with E-state index in [1.165, 1.54) is 24.3 Å². The van der Waals surface area contributed by atoms with Crippen molar-refractivity contribution >= 4 is 44.8 Å². The van der Waals surface area contributed by atoms with E-state index in [1.807, 2.05) is 14.0 Å². The summed E-state index contributed by atoms with van der Waals surface area (Å²) in [6.45, 7) is 2.78. The summed E-state index contributed by atoms with van der Waals surface area (Å²) in [6.07, 6.45) is -3.14. The third-order valence-corrected chi connectivity index (χ3v) is 8.31. The number of piperidine rings is 1. The van der Waals surface area contributed by atoms with Crippen molar-refractivity contribution in [3.63, 3.8) is 0 Å². The van der Waals surface area contributed by atoms with Gasteiger partial charge in [0, 0.05) is 24.7 Å². The van der Waals surface area contributed by atoms with E-state index in [0.717, 1.165) is 25.0 Å². The van der Waals surface area contributed by atoms with E-state index < -0.39 is 39.9 Å². The van der Waals surface area contributed by atoms with Crippen LogP contribution < -0.4 is 9.62 Å². The Hall–Kier alpha value is -2.01. The molecule has 1 saturated heterocycles. The summed E-state index contributed by atoms with van der Waals surface area (Å²) in [5, 5.41) is 3.15. The number of hydrogen-bond acceptors (Lipinski definition) is 4. The van der Waals surface area contributed by atoms with E-state index in [9.17, 15) is 26.4 Å². The maximum atomic E-state index is 13.6. The van der Waals surface area contributed by atoms with Gasteiger partial charge < -0.3 is 10.2 Å². The third-order valence-electron chi connectivity index (χ3n) is 5.96. The predicted molar refractivity (Wildman–Crippen MR) is 130 cm³/mol. The SMILES string of the molecule is CNCC1(C)CCCN(C(=O)CN(c2cc(C(F)(F)F)ccc2Cl)S(=O)(=O)c2ccc(Cl)cc2)C1. The molecule has 1 fully saturated rings. The number of amides is 1. The van der Waals surface area contributed by atoms with Gasteiger partial charge in [0.15, 0.2) is 0 Å². The van der Waals surface area contributed by atoms with Gasteiger partial charge in [-0.2, -0.15) is 13.2 Å². The number of anilines is 1. The summed E-state index contributed by atoms with van der Waals surface area (Å²) >= 11 is 12.1. The number of likely N-dealkylation sites (tertiary alicyclic amines) is 1. The Kier molecular flexibility index (Phi) is 8.30. The van der Waals surface area contributed by atoms with Crippen molar-refractivity contribution in [2.24, 2.45) is 5.41 Å². The first-order chi connectivity index (χ1) is 16.3. The second-order valence-corrected chi connectivity index (χ2v) is 11.6. The Labute approximate surface area is 213 Å². The van der Waals surface area contributed by atoms with E-state index in [1.54, 1.807) is 4.90 Å². The minimum atomic E-state index is -4.74. The lowest BCUT2D eigenvalue weighted by Gasteiger charge is -2.41. The van der Waals surface area contributed by atoms with Gasteiger partial charge in [0.25, 0.3) is 10.0 Å². The monoisotopic (exact) mass is 551 g/mol. The minimum absolute atomic E-state index is 0.212. The number of nitrogens with one attached hydrogen (secondary N) is 1. The summed E-state index contributed by atoms with van der Waals surface area (Å²) in [5.41, 5.74) is -1.73. The lowest BCUT2D eigenvalue weighted by Crippen LogP contribution is -2.51. The molecule has 0 bridgehead atoms. The van der Waals surface area contributed by atoms with Crippen molar-refractivity contribution < 1.29 is 26.4 Å². The molecule has 0 aromatic heterocycles. The molecule has 1 amide bonds. The highest BCUT2D eigenvalue weighted by Crippen LogP contribution is 2.38. The highest BCUT2D eigenvalue weighted by molar-refractivity contribution is 7.92. The highest BCUT2D eigenvalue weighted by atomic mass is 35.5. The molecule has 192 valence electrons. The zero-order valence-electron chi connectivity index (χ0n) is 19.2. The average molecular weight is 552 g/mol. The molecule has 0 aliphatic carbocycles. The summed E-state index contributed by atoms with van der Waals surface area (Å²) in [7, 11) is -2.66. The van der Waals surface area contributed by atoms with Crippen LogP contribution in [0, 0.1) is 5.41 Å². The van der Waals surface area contributed by atoms with Crippen LogP contribution in [0.1, 0.15) is 25.3 Å². The van der Waals surface area contributed by atoms with Crippen molar-refractivity contribution in [1.82, 2.24) is 10.2 Å². The van der Waals surface area contributed by atoms with Gasteiger partial charge in [-0.15, -0.1) is 0 Å². The molecular formula is C23H26Cl2F3N3O3S. The second-order valence-electron chi connectivity index (χ2n) is 8.89. The van der Waals surface area contributed by atoms with Crippen molar-refractivity contribution in [3.8, 4) is 0 Å². The molecule has 0 spiro atoms. The van der Waals surface area contributed by atoms with Crippen molar-refractivity contribution in [3.05, 3.63) is 58.1 Å². The largest absolute Gasteiger partial charge is 0.416 e. The zero-order valence-corrected chi connectivity index (χ0v) is 21.5. The fourth-order valence-corrected chi connectivity index (χ4v) is 6.06. The number of hydrogen-bond donors (Lipinski definition) is 1. The van der Waals surface area contributed by atoms with Gasteiger partial charge in [-0.05, 0) is 67.8 Å². The molecule has 12 heteroatoms. The topological polar surface area (TPSA) is 69.7 Å². The molecule has 1 atom stereocenters. The van der Waals surface area contributed by atoms with Gasteiger partial charge in [0.1, 0.15) is 6.54 Å². The fourth-order valence-electron chi connectivity index (χ4n) is 4.24. The summed E-state index contributed by atoms with van der Waals surface area (Å²) in [4.78, 5) is 14.6. The van der Waals surface area contributed by atoms with E-state index in [4.69, 9.17) is 23.2 Å². The molecule has 0 radical (unpaired) electrons. The number of rotatable bonds is 7. The first kappa shape index (κ1) is 27.6. The van der Waals surface area contributed by atoms with Gasteiger partial charge in [-0.25, -0.2) is 8.42 Å². The quantitative estimate of drug-likeness (QED) is 0.522. The van der Waals surface area contributed by atoms with Crippen molar-refractivity contribution in [1.29, 1.82) is 0 Å². The number of carbonyl (C=O) groups is 1. The lowest BCUT2D eigenvalue weighted by atomic mass is 9.82. The molecule has 0 saturated carbocycles. The Balaban J connectivity index is 2.04. The molecule has 2 aromatic carbocycles. The van der Waals surface area contributed by atoms with Gasteiger partial charge in [0.2, 0.25) is 5.91 Å². The van der Waals surface area contributed by atoms with Crippen LogP contribution in [-0.4, -0.2) is 52.5 Å². The van der Waals surface area contributed by atoms with Crippen LogP contribution in [0.3, 0.4) is 0 Å². The van der Waals surface area contributed by atoms with Crippen LogP contribution in [0.2, 0.25) is 10.0 Å². The first-order valence-corrected chi connectivity index (χ1v) is 13.0. The Morgan fingerprint density at radius 2 is 1.83 bits per heavy atom. The number of carbonyl (C=O) groups excluding carboxylic acids is 1. The van der Waals surface area contributed by atoms with E-state index in [0.29, 0.717) is 30.0 Å². The van der Waals surface area contributed by atoms with Crippen molar-refractivity contribution in [2.75, 3.05) is 37.5 Å². The standard InChI is InChI=1S/C23H26Cl2F3N3O3S/c1-22(14-29-2)10-3-11-30(15-22)21(32)13-31(35(33,34)18-7-5-17(24)6-8-18)20-12-16(23(26,27)28)4-9-19(20)25/h4-9,12,29H,3,10-11,13-15H2,1-2H3. The fraction of sp³-hybridized carbons (Fsp3) is 0.435. The molecule has 2 aromatic rings. The van der Waals surface area contributed by atoms with E-state index in [2.05, 4.69) is 5.32 Å². The molecule has 3 rings (SSSR count). The van der Waals surface area contributed by atoms with E-state index in [-0.39, 0.29) is 20.4 Å². The molecule has 1 aliphatic rings. The average Bonchev–Trinajstić information content (AvgIpc) is 2.77. The summed E-state index contributed by atoms with van der Waals surface area (Å²) < 4.78 is 68.1. The number of halogens is 5. The van der Waals surface area contributed by atoms with Crippen LogP contribution in [0.4, 0.5) is 18.9 Å². The molecule has 1 aliphatic heterocycles. The van der Waals surface area contributed by atoms with Gasteiger partial charge >= 0.3 is 6.18 Å². The molecule has 35 heavy (non-hydrogen) atoms. The van der Waals surface area contributed by atoms with Crippen LogP contribution >= 0.6 is 23.2 Å². The Morgan fingerprint density at radius 3 is 2.43 bits per heavy atom. The molecule has 1 unspecified atom stereocenters. The smallest absolute Gasteiger partial charge is 0.341 e. The second kappa shape index (κ2) is 10.5. The van der Waals surface area contributed by atoms with Crippen LogP contribution in [0.5, 0.6) is 0 Å². The zero-order chi connectivity index (χ0) is 26.0. The summed E-state index contributed by atoms with van der Waals surface area (Å²) in [6, 6.07) is 7.51. The van der Waals surface area contributed by atoms with Crippen molar-refractivity contribution in [2.45, 2.75) is 30.8 Å². The predicted octanol–water partition coefficient (Wildman–Crippen LogP) is 5.06. The molecule has 1 heterocycles. The molecular weight excluding hydrogens is 526 g/mol. The van der Waals surface area contributed by atoms with Crippen LogP contribution in [0.25, 0.3) is 0 Å². The summed E-state index contributed by atoms with van der Waals surface area (Å²) in [5.74, 6) is -0.530. The normalized spacial score (nSPS) is 19.0. The number of nitrogens with zero attached hydrogens (tertiary/aromatic N) is 2.